The maximum absolute atomic E-state index is 14.0. The molecule has 2 heterocycles. The van der Waals surface area contributed by atoms with E-state index in [-0.39, 0.29) is 37.3 Å². The van der Waals surface area contributed by atoms with Gasteiger partial charge < -0.3 is 35.8 Å². The Bertz CT molecular complexity index is 1030. The van der Waals surface area contributed by atoms with Gasteiger partial charge in [-0.15, -0.1) is 6.58 Å². The van der Waals surface area contributed by atoms with Gasteiger partial charge in [0, 0.05) is 26.2 Å². The van der Waals surface area contributed by atoms with Crippen LogP contribution in [-0.2, 0) is 28.7 Å². The molecule has 2 aliphatic heterocycles. The van der Waals surface area contributed by atoms with Crippen molar-refractivity contribution in [1.29, 1.82) is 0 Å². The molecule has 0 aromatic carbocycles. The van der Waals surface area contributed by atoms with Crippen LogP contribution >= 0.6 is 0 Å². The summed E-state index contributed by atoms with van der Waals surface area (Å²) in [6.07, 6.45) is 2.64. The van der Waals surface area contributed by atoms with Crippen LogP contribution in [0.1, 0.15) is 60.8 Å². The summed E-state index contributed by atoms with van der Waals surface area (Å²) in [4.78, 5) is 81.2. The molecule has 13 nitrogen and oxygen atoms in total. The van der Waals surface area contributed by atoms with Crippen LogP contribution < -0.4 is 21.3 Å². The second-order valence-electron chi connectivity index (χ2n) is 12.6. The first kappa shape index (κ1) is 35.7. The highest BCUT2D eigenvalue weighted by atomic mass is 16.5. The summed E-state index contributed by atoms with van der Waals surface area (Å²) in [5.41, 5.74) is -0.733. The van der Waals surface area contributed by atoms with E-state index in [0.29, 0.717) is 45.7 Å². The van der Waals surface area contributed by atoms with E-state index < -0.39 is 53.1 Å². The molecular weight excluding hydrogens is 556 g/mol. The predicted molar refractivity (Wildman–Crippen MR) is 161 cm³/mol. The van der Waals surface area contributed by atoms with E-state index in [0.717, 1.165) is 0 Å². The number of Topliss-reactive ketones (excluding diaryl/α,β-unsaturated/α-hetero) is 1. The average molecular weight is 607 g/mol. The van der Waals surface area contributed by atoms with Crippen LogP contribution in [0.15, 0.2) is 12.7 Å². The number of hydrogen-bond donors (Lipinski definition) is 4. The highest BCUT2D eigenvalue weighted by Crippen LogP contribution is 2.32. The van der Waals surface area contributed by atoms with Crippen LogP contribution in [0.2, 0.25) is 0 Å². The van der Waals surface area contributed by atoms with Gasteiger partial charge in [0.05, 0.1) is 25.8 Å². The van der Waals surface area contributed by atoms with Crippen LogP contribution in [0.4, 0.5) is 4.79 Å². The lowest BCUT2D eigenvalue weighted by Crippen LogP contribution is -2.60. The minimum atomic E-state index is -1.04. The molecule has 0 aromatic rings. The van der Waals surface area contributed by atoms with Gasteiger partial charge in [0.25, 0.3) is 5.91 Å². The highest BCUT2D eigenvalue weighted by Gasteiger charge is 2.46. The third kappa shape index (κ3) is 10.3. The van der Waals surface area contributed by atoms with Crippen LogP contribution in [-0.4, -0.2) is 109 Å². The maximum Gasteiger partial charge on any atom is 0.315 e. The van der Waals surface area contributed by atoms with Crippen molar-refractivity contribution in [3.8, 4) is 0 Å². The zero-order valence-electron chi connectivity index (χ0n) is 26.5. The summed E-state index contributed by atoms with van der Waals surface area (Å²) in [6.45, 7) is 16.8. The lowest BCUT2D eigenvalue weighted by molar-refractivity contribution is -0.143. The van der Waals surface area contributed by atoms with E-state index in [1.807, 2.05) is 20.8 Å². The van der Waals surface area contributed by atoms with Crippen molar-refractivity contribution < 1.29 is 33.5 Å². The Kier molecular flexibility index (Phi) is 13.6. The third-order valence-electron chi connectivity index (χ3n) is 7.86. The van der Waals surface area contributed by atoms with Crippen molar-refractivity contribution in [1.82, 2.24) is 31.1 Å². The molecule has 13 heteroatoms. The Morgan fingerprint density at radius 1 is 1.02 bits per heavy atom. The molecule has 242 valence electrons. The Balaban J connectivity index is 2.19. The summed E-state index contributed by atoms with van der Waals surface area (Å²) >= 11 is 0. The fourth-order valence-electron chi connectivity index (χ4n) is 5.16. The number of rotatable bonds is 13. The van der Waals surface area contributed by atoms with Gasteiger partial charge in [-0.2, -0.15) is 0 Å². The fraction of sp³-hybridized carbons (Fsp3) is 0.733. The van der Waals surface area contributed by atoms with Gasteiger partial charge in [0.15, 0.2) is 0 Å². The molecule has 0 saturated carbocycles. The highest BCUT2D eigenvalue weighted by molar-refractivity contribution is 6.38. The van der Waals surface area contributed by atoms with Crippen LogP contribution in [0.25, 0.3) is 0 Å². The summed E-state index contributed by atoms with van der Waals surface area (Å²) in [7, 11) is 0. The van der Waals surface area contributed by atoms with E-state index in [1.54, 1.807) is 25.7 Å². The molecule has 2 saturated heterocycles. The number of nitrogens with zero attached hydrogens (tertiary/aromatic N) is 2. The molecular formula is C30H50N6O7. The first-order valence-electron chi connectivity index (χ1n) is 15.1. The van der Waals surface area contributed by atoms with Gasteiger partial charge in [-0.25, -0.2) is 4.79 Å². The monoisotopic (exact) mass is 606 g/mol. The summed E-state index contributed by atoms with van der Waals surface area (Å²) in [6, 6.07) is -3.61. The molecule has 0 spiro atoms. The molecule has 0 radical (unpaired) electrons. The van der Waals surface area contributed by atoms with Gasteiger partial charge >= 0.3 is 6.03 Å². The SMILES string of the molecule is C=CCNC(=O)C(=O)C(CCC)NC(=O)C1CC(C(C)C)CN1C(=O)C(NC(=O)NCC(=O)N1CCOCC1)C(C)(C)C. The van der Waals surface area contributed by atoms with Crippen LogP contribution in [0.3, 0.4) is 0 Å². The summed E-state index contributed by atoms with van der Waals surface area (Å²) < 4.78 is 5.26. The van der Waals surface area contributed by atoms with Crippen molar-refractivity contribution in [3.63, 3.8) is 0 Å². The van der Waals surface area contributed by atoms with Crippen molar-refractivity contribution in [2.75, 3.05) is 45.9 Å². The average Bonchev–Trinajstić information content (AvgIpc) is 3.42. The molecule has 2 rings (SSSR count). The maximum atomic E-state index is 14.0. The number of urea groups is 1. The Morgan fingerprint density at radius 3 is 2.23 bits per heavy atom. The molecule has 6 amide bonds. The van der Waals surface area contributed by atoms with E-state index >= 15 is 0 Å². The van der Waals surface area contributed by atoms with Crippen LogP contribution in [0.5, 0.6) is 0 Å². The van der Waals surface area contributed by atoms with Crippen molar-refractivity contribution in [2.45, 2.75) is 78.9 Å². The topological polar surface area (TPSA) is 166 Å². The summed E-state index contributed by atoms with van der Waals surface area (Å²) in [5, 5.41) is 10.5. The molecule has 43 heavy (non-hydrogen) atoms. The number of morpholine rings is 1. The molecule has 4 atom stereocenters. The van der Waals surface area contributed by atoms with Crippen molar-refractivity contribution in [2.24, 2.45) is 17.3 Å². The quantitative estimate of drug-likeness (QED) is 0.176. The fourth-order valence-corrected chi connectivity index (χ4v) is 5.16. The van der Waals surface area contributed by atoms with Gasteiger partial charge in [-0.05, 0) is 30.1 Å². The number of likely N-dealkylation sites (tertiary alicyclic amines) is 1. The Hall–Kier alpha value is -3.48. The second kappa shape index (κ2) is 16.4. The number of ketones is 1. The Morgan fingerprint density at radius 2 is 1.67 bits per heavy atom. The first-order chi connectivity index (χ1) is 20.2. The normalized spacial score (nSPS) is 20.2. The van der Waals surface area contributed by atoms with Gasteiger partial charge in [-0.3, -0.25) is 24.0 Å². The number of hydrogen-bond acceptors (Lipinski definition) is 7. The van der Waals surface area contributed by atoms with Crippen LogP contribution in [0, 0.1) is 17.3 Å². The third-order valence-corrected chi connectivity index (χ3v) is 7.86. The zero-order chi connectivity index (χ0) is 32.3. The Labute approximate surface area is 254 Å². The van der Waals surface area contributed by atoms with Gasteiger partial charge in [0.1, 0.15) is 12.1 Å². The molecule has 0 bridgehead atoms. The number of nitrogens with one attached hydrogen (secondary N) is 4. The molecule has 2 fully saturated rings. The first-order valence-corrected chi connectivity index (χ1v) is 15.1. The molecule has 0 aromatic heterocycles. The minimum absolute atomic E-state index is 0.0107. The molecule has 4 N–H and O–H groups in total. The van der Waals surface area contributed by atoms with Crippen molar-refractivity contribution >= 4 is 35.4 Å². The number of amides is 6. The lowest BCUT2D eigenvalue weighted by atomic mass is 9.85. The van der Waals surface area contributed by atoms with Gasteiger partial charge in [-0.1, -0.05) is 54.0 Å². The number of carbonyl (C=O) groups is 6. The van der Waals surface area contributed by atoms with Gasteiger partial charge in [0.2, 0.25) is 23.5 Å². The van der Waals surface area contributed by atoms with E-state index in [2.05, 4.69) is 27.8 Å². The van der Waals surface area contributed by atoms with E-state index in [1.165, 1.54) is 11.0 Å². The molecule has 4 unspecified atom stereocenters. The molecule has 2 aliphatic rings. The van der Waals surface area contributed by atoms with E-state index in [9.17, 15) is 28.8 Å². The number of ether oxygens (including phenoxy) is 1. The number of carbonyl (C=O) groups excluding carboxylic acids is 6. The molecule has 0 aliphatic carbocycles. The summed E-state index contributed by atoms with van der Waals surface area (Å²) in [5.74, 6) is -2.60. The minimum Gasteiger partial charge on any atom is -0.378 e. The van der Waals surface area contributed by atoms with Crippen molar-refractivity contribution in [3.05, 3.63) is 12.7 Å². The predicted octanol–water partition coefficient (Wildman–Crippen LogP) is 0.588. The lowest BCUT2D eigenvalue weighted by Gasteiger charge is -2.35. The second-order valence-corrected chi connectivity index (χ2v) is 12.6. The smallest absolute Gasteiger partial charge is 0.315 e. The van der Waals surface area contributed by atoms with E-state index in [4.69, 9.17) is 4.74 Å². The largest absolute Gasteiger partial charge is 0.378 e. The standard InChI is InChI=1S/C30H50N6O7/c1-8-10-21(24(38)27(40)31-11-9-2)33-26(39)22-16-20(19(3)4)18-36(22)28(41)25(30(5,6)7)34-29(42)32-17-23(37)35-12-14-43-15-13-35/h9,19-22,25H,2,8,10-18H2,1,3-7H3,(H,31,40)(H,33,39)(H2,32,34,42). The zero-order valence-corrected chi connectivity index (χ0v) is 26.5.